The summed E-state index contributed by atoms with van der Waals surface area (Å²) in [5.74, 6) is 3.02. The third kappa shape index (κ3) is 5.16. The Hall–Kier alpha value is -2.73. The van der Waals surface area contributed by atoms with Gasteiger partial charge in [0.25, 0.3) is 0 Å². The first kappa shape index (κ1) is 21.6. The molecule has 0 radical (unpaired) electrons. The summed E-state index contributed by atoms with van der Waals surface area (Å²) >= 11 is 1.35. The summed E-state index contributed by atoms with van der Waals surface area (Å²) in [5, 5.41) is 15.5. The average Bonchev–Trinajstić information content (AvgIpc) is 3.08. The lowest BCUT2D eigenvalue weighted by molar-refractivity contribution is -0.125. The van der Waals surface area contributed by atoms with Gasteiger partial charge in [0.1, 0.15) is 34.4 Å². The van der Waals surface area contributed by atoms with Gasteiger partial charge in [0, 0.05) is 11.8 Å². The van der Waals surface area contributed by atoms with Crippen LogP contribution in [0.3, 0.4) is 0 Å². The number of terminal acetylenes is 1. The van der Waals surface area contributed by atoms with Crippen molar-refractivity contribution in [3.8, 4) is 18.1 Å². The van der Waals surface area contributed by atoms with Crippen molar-refractivity contribution in [1.29, 1.82) is 0 Å². The normalized spacial score (nSPS) is 20.2. The van der Waals surface area contributed by atoms with Crippen molar-refractivity contribution in [3.63, 3.8) is 0 Å². The molecule has 0 spiro atoms. The topological polar surface area (TPSA) is 113 Å². The second-order valence-electron chi connectivity index (χ2n) is 6.49. The van der Waals surface area contributed by atoms with Crippen LogP contribution in [-0.2, 0) is 4.79 Å². The second-order valence-corrected chi connectivity index (χ2v) is 7.45. The zero-order valence-electron chi connectivity index (χ0n) is 16.0. The van der Waals surface area contributed by atoms with Crippen LogP contribution < -0.4 is 15.7 Å². The van der Waals surface area contributed by atoms with Gasteiger partial charge in [-0.3, -0.25) is 9.79 Å². The molecule has 150 valence electrons. The highest BCUT2D eigenvalue weighted by molar-refractivity contribution is 8.16. The zero-order chi connectivity index (χ0) is 20.7. The molecule has 28 heavy (non-hydrogen) atoms. The predicted octanol–water partition coefficient (Wildman–Crippen LogP) is 2.36. The van der Waals surface area contributed by atoms with Gasteiger partial charge in [-0.25, -0.2) is 4.79 Å². The van der Waals surface area contributed by atoms with Gasteiger partial charge in [-0.05, 0) is 20.3 Å². The fourth-order valence-corrected chi connectivity index (χ4v) is 3.71. The van der Waals surface area contributed by atoms with Crippen LogP contribution in [0.25, 0.3) is 0 Å². The van der Waals surface area contributed by atoms with E-state index in [4.69, 9.17) is 20.8 Å². The van der Waals surface area contributed by atoms with E-state index in [1.54, 1.807) is 19.9 Å². The molecule has 2 atom stereocenters. The van der Waals surface area contributed by atoms with E-state index in [2.05, 4.69) is 21.4 Å². The van der Waals surface area contributed by atoms with E-state index in [1.165, 1.54) is 17.8 Å². The van der Waals surface area contributed by atoms with Gasteiger partial charge >= 0.3 is 5.63 Å². The van der Waals surface area contributed by atoms with Crippen LogP contribution in [0, 0.1) is 12.3 Å². The maximum Gasteiger partial charge on any atom is 0.339 e. The molecule has 2 rings (SSSR count). The Balaban J connectivity index is 2.25. The molecular weight excluding hydrogens is 382 g/mol. The highest BCUT2D eigenvalue weighted by atomic mass is 32.2. The van der Waals surface area contributed by atoms with E-state index in [1.807, 2.05) is 6.92 Å². The van der Waals surface area contributed by atoms with Gasteiger partial charge in [0.15, 0.2) is 0 Å². The molecular formula is C19H23N3O5S. The number of hydrogen-bond acceptors (Lipinski definition) is 8. The van der Waals surface area contributed by atoms with E-state index in [0.717, 1.165) is 6.42 Å². The molecule has 0 aliphatic carbocycles. The van der Waals surface area contributed by atoms with Crippen molar-refractivity contribution in [3.05, 3.63) is 28.3 Å². The average molecular weight is 405 g/mol. The SMILES string of the molecule is C#CCOc1cc([C@@H](CCC)NC(=O)C2(C)CSC(/C(C)=N/O)=N2)oc(=O)c1. The molecule has 2 heterocycles. The van der Waals surface area contributed by atoms with Crippen molar-refractivity contribution in [1.82, 2.24) is 5.32 Å². The van der Waals surface area contributed by atoms with Crippen molar-refractivity contribution in [2.24, 2.45) is 10.1 Å². The van der Waals surface area contributed by atoms with Gasteiger partial charge in [0.2, 0.25) is 5.91 Å². The number of nitrogens with one attached hydrogen (secondary N) is 1. The Morgan fingerprint density at radius 2 is 2.36 bits per heavy atom. The number of nitrogens with zero attached hydrogens (tertiary/aromatic N) is 2. The van der Waals surface area contributed by atoms with Gasteiger partial charge < -0.3 is 19.7 Å². The van der Waals surface area contributed by atoms with Crippen LogP contribution in [-0.4, -0.2) is 39.8 Å². The lowest BCUT2D eigenvalue weighted by atomic mass is 10.0. The fourth-order valence-electron chi connectivity index (χ4n) is 2.58. The first-order valence-corrected chi connectivity index (χ1v) is 9.75. The summed E-state index contributed by atoms with van der Waals surface area (Å²) in [6.45, 7) is 5.30. The molecule has 0 aromatic carbocycles. The van der Waals surface area contributed by atoms with Crippen LogP contribution in [0.15, 0.2) is 31.5 Å². The number of thioether (sulfide) groups is 1. The lowest BCUT2D eigenvalue weighted by Gasteiger charge is -2.24. The summed E-state index contributed by atoms with van der Waals surface area (Å²) < 4.78 is 10.6. The predicted molar refractivity (Wildman–Crippen MR) is 108 cm³/mol. The maximum atomic E-state index is 12.9. The number of carbonyl (C=O) groups excluding carboxylic acids is 1. The third-order valence-corrected chi connectivity index (χ3v) is 5.46. The molecule has 2 N–H and O–H groups in total. The van der Waals surface area contributed by atoms with Gasteiger partial charge in [0.05, 0.1) is 12.1 Å². The molecule has 8 nitrogen and oxygen atoms in total. The summed E-state index contributed by atoms with van der Waals surface area (Å²) in [6.07, 6.45) is 6.49. The largest absolute Gasteiger partial charge is 0.481 e. The minimum absolute atomic E-state index is 0.0201. The molecule has 1 aliphatic heterocycles. The summed E-state index contributed by atoms with van der Waals surface area (Å²) in [4.78, 5) is 29.2. The number of aliphatic imine (C=N–C) groups is 1. The van der Waals surface area contributed by atoms with Gasteiger partial charge in [-0.15, -0.1) is 18.2 Å². The first-order chi connectivity index (χ1) is 13.3. The van der Waals surface area contributed by atoms with Crippen LogP contribution in [0.2, 0.25) is 0 Å². The minimum atomic E-state index is -1.02. The Labute approximate surface area is 167 Å². The molecule has 0 fully saturated rings. The molecule has 1 aromatic rings. The Morgan fingerprint density at radius 3 is 3.00 bits per heavy atom. The molecule has 1 amide bonds. The van der Waals surface area contributed by atoms with Crippen LogP contribution >= 0.6 is 11.8 Å². The smallest absolute Gasteiger partial charge is 0.339 e. The molecule has 0 saturated carbocycles. The molecule has 1 unspecified atom stereocenters. The standard InChI is InChI=1S/C19H23N3O5S/c1-5-7-14(15-9-13(26-8-6-2)10-16(23)27-15)20-18(24)19(4)11-28-17(21-19)12(3)22-25/h2,9-10,14,25H,5,7-8,11H2,1,3-4H3,(H,20,24)/b22-12+/t14-,19?/m1/s1. The van der Waals surface area contributed by atoms with Crippen LogP contribution in [0.5, 0.6) is 5.75 Å². The van der Waals surface area contributed by atoms with E-state index in [-0.39, 0.29) is 18.3 Å². The third-order valence-electron chi connectivity index (χ3n) is 4.10. The molecule has 0 bridgehead atoms. The van der Waals surface area contributed by atoms with Crippen LogP contribution in [0.4, 0.5) is 0 Å². The molecule has 1 aliphatic rings. The number of ether oxygens (including phenoxy) is 1. The summed E-state index contributed by atoms with van der Waals surface area (Å²) in [6, 6.07) is 2.24. The lowest BCUT2D eigenvalue weighted by Crippen LogP contribution is -2.45. The maximum absolute atomic E-state index is 12.9. The number of oxime groups is 1. The summed E-state index contributed by atoms with van der Waals surface area (Å²) in [5.41, 5.74) is -1.25. The van der Waals surface area contributed by atoms with Crippen molar-refractivity contribution >= 4 is 28.4 Å². The first-order valence-electron chi connectivity index (χ1n) is 8.77. The monoisotopic (exact) mass is 405 g/mol. The van der Waals surface area contributed by atoms with Crippen molar-refractivity contribution < 1.29 is 19.2 Å². The van der Waals surface area contributed by atoms with Crippen molar-refractivity contribution in [2.45, 2.75) is 45.2 Å². The fraction of sp³-hybridized carbons (Fsp3) is 0.474. The van der Waals surface area contributed by atoms with E-state index in [0.29, 0.717) is 28.7 Å². The van der Waals surface area contributed by atoms with Crippen LogP contribution in [0.1, 0.15) is 45.4 Å². The van der Waals surface area contributed by atoms with Gasteiger partial charge in [-0.1, -0.05) is 24.4 Å². The quantitative estimate of drug-likeness (QED) is 0.297. The van der Waals surface area contributed by atoms with E-state index >= 15 is 0 Å². The van der Waals surface area contributed by atoms with Gasteiger partial charge in [-0.2, -0.15) is 0 Å². The zero-order valence-corrected chi connectivity index (χ0v) is 16.8. The number of hydrogen-bond donors (Lipinski definition) is 2. The Bertz CT molecular complexity index is 886. The highest BCUT2D eigenvalue weighted by Crippen LogP contribution is 2.30. The second kappa shape index (κ2) is 9.46. The highest BCUT2D eigenvalue weighted by Gasteiger charge is 2.40. The molecule has 1 aromatic heterocycles. The van der Waals surface area contributed by atoms with Crippen molar-refractivity contribution in [2.75, 3.05) is 12.4 Å². The minimum Gasteiger partial charge on any atom is -0.481 e. The number of carbonyl (C=O) groups is 1. The Morgan fingerprint density at radius 1 is 1.61 bits per heavy atom. The summed E-state index contributed by atoms with van der Waals surface area (Å²) in [7, 11) is 0. The number of rotatable bonds is 8. The van der Waals surface area contributed by atoms with E-state index < -0.39 is 17.2 Å². The molecule has 0 saturated heterocycles. The number of amides is 1. The molecule has 9 heteroatoms. The van der Waals surface area contributed by atoms with E-state index in [9.17, 15) is 9.59 Å². The Kier molecular flexibility index (Phi) is 7.29.